The van der Waals surface area contributed by atoms with E-state index in [4.69, 9.17) is 4.74 Å². The lowest BCUT2D eigenvalue weighted by molar-refractivity contribution is 0.0955. The van der Waals surface area contributed by atoms with Gasteiger partial charge in [0.15, 0.2) is 5.82 Å². The molecule has 0 bridgehead atoms. The number of aromatic nitrogens is 4. The van der Waals surface area contributed by atoms with Crippen LogP contribution < -0.4 is 15.4 Å². The first-order valence-electron chi connectivity index (χ1n) is 9.97. The number of anilines is 1. The topological polar surface area (TPSA) is 94.0 Å². The summed E-state index contributed by atoms with van der Waals surface area (Å²) in [6.45, 7) is 2.78. The van der Waals surface area contributed by atoms with Crippen LogP contribution in [0.25, 0.3) is 5.82 Å². The number of nitrogens with one attached hydrogen (secondary N) is 2. The Hall–Kier alpha value is -4.27. The molecule has 2 N–H and O–H groups in total. The Morgan fingerprint density at radius 2 is 1.88 bits per heavy atom. The van der Waals surface area contributed by atoms with Gasteiger partial charge in [0.1, 0.15) is 29.5 Å². The van der Waals surface area contributed by atoms with Crippen molar-refractivity contribution < 1.29 is 13.9 Å². The van der Waals surface area contributed by atoms with Crippen LogP contribution >= 0.6 is 0 Å². The maximum absolute atomic E-state index is 13.0. The van der Waals surface area contributed by atoms with Crippen molar-refractivity contribution in [3.8, 4) is 17.3 Å². The number of carbonyl (C=O) groups excluding carboxylic acids is 1. The Morgan fingerprint density at radius 1 is 1.03 bits per heavy atom. The van der Waals surface area contributed by atoms with E-state index in [0.29, 0.717) is 41.8 Å². The summed E-state index contributed by atoms with van der Waals surface area (Å²) in [5, 5.41) is 10.3. The standard InChI is InChI=1S/C23H21FN6O2/c1-16-9-12-30(29-16)22-14-21(27-15-28-22)25-10-11-26-23(31)17-3-2-4-20(13-17)32-19-7-5-18(24)6-8-19/h2-9,12-15H,10-11H2,1H3,(H,26,31)(H,25,27,28). The molecular weight excluding hydrogens is 411 g/mol. The second-order valence-electron chi connectivity index (χ2n) is 6.93. The van der Waals surface area contributed by atoms with E-state index in [9.17, 15) is 9.18 Å². The van der Waals surface area contributed by atoms with Gasteiger partial charge in [-0.25, -0.2) is 19.0 Å². The van der Waals surface area contributed by atoms with Gasteiger partial charge in [-0.3, -0.25) is 4.79 Å². The fourth-order valence-corrected chi connectivity index (χ4v) is 2.92. The number of nitrogens with zero attached hydrogens (tertiary/aromatic N) is 4. The van der Waals surface area contributed by atoms with Crippen LogP contribution in [0.3, 0.4) is 0 Å². The molecule has 0 aliphatic carbocycles. The van der Waals surface area contributed by atoms with Crippen LogP contribution in [0.4, 0.5) is 10.2 Å². The summed E-state index contributed by atoms with van der Waals surface area (Å²) in [4.78, 5) is 20.9. The summed E-state index contributed by atoms with van der Waals surface area (Å²) in [6.07, 6.45) is 3.29. The highest BCUT2D eigenvalue weighted by Gasteiger charge is 2.08. The molecule has 4 aromatic rings. The van der Waals surface area contributed by atoms with E-state index >= 15 is 0 Å². The number of rotatable bonds is 8. The van der Waals surface area contributed by atoms with Gasteiger partial charge in [-0.05, 0) is 55.5 Å². The minimum absolute atomic E-state index is 0.230. The van der Waals surface area contributed by atoms with Gasteiger partial charge in [-0.2, -0.15) is 5.10 Å². The average Bonchev–Trinajstić information content (AvgIpc) is 3.25. The molecule has 2 aromatic carbocycles. The highest BCUT2D eigenvalue weighted by Crippen LogP contribution is 2.22. The van der Waals surface area contributed by atoms with Crippen LogP contribution in [0.1, 0.15) is 16.1 Å². The first kappa shape index (κ1) is 21.0. The Kier molecular flexibility index (Phi) is 6.35. The van der Waals surface area contributed by atoms with Gasteiger partial charge in [-0.15, -0.1) is 0 Å². The van der Waals surface area contributed by atoms with E-state index in [0.717, 1.165) is 5.69 Å². The van der Waals surface area contributed by atoms with E-state index in [1.165, 1.54) is 30.6 Å². The van der Waals surface area contributed by atoms with E-state index in [1.807, 2.05) is 19.2 Å². The van der Waals surface area contributed by atoms with Gasteiger partial charge in [0, 0.05) is 30.9 Å². The highest BCUT2D eigenvalue weighted by molar-refractivity contribution is 5.94. The number of carbonyl (C=O) groups is 1. The van der Waals surface area contributed by atoms with E-state index in [2.05, 4.69) is 25.7 Å². The quantitative estimate of drug-likeness (QED) is 0.412. The lowest BCUT2D eigenvalue weighted by Crippen LogP contribution is -2.28. The molecule has 0 radical (unpaired) electrons. The van der Waals surface area contributed by atoms with Crippen molar-refractivity contribution in [1.29, 1.82) is 0 Å². The van der Waals surface area contributed by atoms with Gasteiger partial charge < -0.3 is 15.4 Å². The predicted octanol–water partition coefficient (Wildman–Crippen LogP) is 3.74. The van der Waals surface area contributed by atoms with Gasteiger partial charge in [0.2, 0.25) is 0 Å². The Bertz CT molecular complexity index is 1210. The first-order valence-corrected chi connectivity index (χ1v) is 9.97. The zero-order valence-electron chi connectivity index (χ0n) is 17.3. The average molecular weight is 432 g/mol. The van der Waals surface area contributed by atoms with Gasteiger partial charge in [0.25, 0.3) is 5.91 Å². The third-order valence-electron chi connectivity index (χ3n) is 4.47. The molecule has 0 fully saturated rings. The molecule has 2 heterocycles. The van der Waals surface area contributed by atoms with Gasteiger partial charge in [0.05, 0.1) is 5.69 Å². The van der Waals surface area contributed by atoms with Crippen LogP contribution in [0.5, 0.6) is 11.5 Å². The zero-order chi connectivity index (χ0) is 22.3. The summed E-state index contributed by atoms with van der Waals surface area (Å²) in [6, 6.07) is 16.2. The fourth-order valence-electron chi connectivity index (χ4n) is 2.92. The Morgan fingerprint density at radius 3 is 2.66 bits per heavy atom. The van der Waals surface area contributed by atoms with Crippen molar-refractivity contribution in [3.63, 3.8) is 0 Å². The zero-order valence-corrected chi connectivity index (χ0v) is 17.3. The minimum Gasteiger partial charge on any atom is -0.457 e. The molecular formula is C23H21FN6O2. The molecule has 1 amide bonds. The van der Waals surface area contributed by atoms with Crippen molar-refractivity contribution in [2.75, 3.05) is 18.4 Å². The largest absolute Gasteiger partial charge is 0.457 e. The van der Waals surface area contributed by atoms with Crippen molar-refractivity contribution >= 4 is 11.7 Å². The normalized spacial score (nSPS) is 10.6. The number of aryl methyl sites for hydroxylation is 1. The molecule has 8 nitrogen and oxygen atoms in total. The molecule has 4 rings (SSSR count). The van der Waals surface area contributed by atoms with Crippen molar-refractivity contribution in [3.05, 3.63) is 90.3 Å². The van der Waals surface area contributed by atoms with E-state index < -0.39 is 0 Å². The second kappa shape index (κ2) is 9.69. The van der Waals surface area contributed by atoms with E-state index in [-0.39, 0.29) is 11.7 Å². The summed E-state index contributed by atoms with van der Waals surface area (Å²) in [7, 11) is 0. The van der Waals surface area contributed by atoms with Crippen molar-refractivity contribution in [2.24, 2.45) is 0 Å². The van der Waals surface area contributed by atoms with Crippen molar-refractivity contribution in [1.82, 2.24) is 25.1 Å². The maximum Gasteiger partial charge on any atom is 0.251 e. The molecule has 0 spiro atoms. The monoisotopic (exact) mass is 432 g/mol. The van der Waals surface area contributed by atoms with Gasteiger partial charge >= 0.3 is 0 Å². The predicted molar refractivity (Wildman–Crippen MR) is 118 cm³/mol. The third-order valence-corrected chi connectivity index (χ3v) is 4.47. The molecule has 162 valence electrons. The van der Waals surface area contributed by atoms with Crippen LogP contribution in [0.2, 0.25) is 0 Å². The van der Waals surface area contributed by atoms with Crippen LogP contribution in [0.15, 0.2) is 73.2 Å². The lowest BCUT2D eigenvalue weighted by Gasteiger charge is -2.10. The summed E-state index contributed by atoms with van der Waals surface area (Å²) in [5.74, 6) is 1.69. The molecule has 0 saturated carbocycles. The van der Waals surface area contributed by atoms with Crippen LogP contribution in [-0.4, -0.2) is 38.7 Å². The molecule has 9 heteroatoms. The van der Waals surface area contributed by atoms with Gasteiger partial charge in [-0.1, -0.05) is 6.07 Å². The summed E-state index contributed by atoms with van der Waals surface area (Å²) >= 11 is 0. The second-order valence-corrected chi connectivity index (χ2v) is 6.93. The molecule has 0 aliphatic rings. The number of hydrogen-bond acceptors (Lipinski definition) is 6. The number of amides is 1. The fraction of sp³-hybridized carbons (Fsp3) is 0.130. The first-order chi connectivity index (χ1) is 15.6. The Labute approximate surface area is 184 Å². The third kappa shape index (κ3) is 5.45. The molecule has 0 atom stereocenters. The van der Waals surface area contributed by atoms with Crippen molar-refractivity contribution in [2.45, 2.75) is 6.92 Å². The minimum atomic E-state index is -0.339. The summed E-state index contributed by atoms with van der Waals surface area (Å²) in [5.41, 5.74) is 1.36. The molecule has 0 saturated heterocycles. The number of hydrogen-bond donors (Lipinski definition) is 2. The molecule has 2 aromatic heterocycles. The number of ether oxygens (including phenoxy) is 1. The van der Waals surface area contributed by atoms with Crippen LogP contribution in [0, 0.1) is 12.7 Å². The number of benzene rings is 2. The summed E-state index contributed by atoms with van der Waals surface area (Å²) < 4.78 is 20.4. The lowest BCUT2D eigenvalue weighted by atomic mass is 10.2. The smallest absolute Gasteiger partial charge is 0.251 e. The number of halogens is 1. The molecule has 0 unspecified atom stereocenters. The molecule has 0 aliphatic heterocycles. The Balaban J connectivity index is 1.28. The highest BCUT2D eigenvalue weighted by atomic mass is 19.1. The maximum atomic E-state index is 13.0. The van der Waals surface area contributed by atoms with Crippen LogP contribution in [-0.2, 0) is 0 Å². The molecule has 32 heavy (non-hydrogen) atoms. The van der Waals surface area contributed by atoms with E-state index in [1.54, 1.807) is 35.0 Å². The SMILES string of the molecule is Cc1ccn(-c2cc(NCCNC(=O)c3cccc(Oc4ccc(F)cc4)c3)ncn2)n1.